The van der Waals surface area contributed by atoms with Gasteiger partial charge in [-0.2, -0.15) is 13.2 Å². The van der Waals surface area contributed by atoms with Crippen molar-refractivity contribution in [1.82, 2.24) is 4.72 Å². The summed E-state index contributed by atoms with van der Waals surface area (Å²) in [6, 6.07) is 11.0. The van der Waals surface area contributed by atoms with E-state index in [0.29, 0.717) is 24.6 Å². The monoisotopic (exact) mass is 491 g/mol. The topological polar surface area (TPSA) is 76.4 Å². The molecule has 0 fully saturated rings. The van der Waals surface area contributed by atoms with E-state index in [2.05, 4.69) is 10.8 Å². The predicted octanol–water partition coefficient (Wildman–Crippen LogP) is 5.57. The van der Waals surface area contributed by atoms with Gasteiger partial charge in [0.25, 0.3) is 0 Å². The van der Waals surface area contributed by atoms with Gasteiger partial charge in [0.2, 0.25) is 10.0 Å². The number of benzene rings is 2. The molecule has 1 aliphatic rings. The summed E-state index contributed by atoms with van der Waals surface area (Å²) in [5, 5.41) is -0.193. The first-order chi connectivity index (χ1) is 16.1. The van der Waals surface area contributed by atoms with E-state index in [4.69, 9.17) is 4.42 Å². The van der Waals surface area contributed by atoms with Gasteiger partial charge in [0.15, 0.2) is 0 Å². The van der Waals surface area contributed by atoms with E-state index in [-0.39, 0.29) is 22.3 Å². The van der Waals surface area contributed by atoms with Crippen LogP contribution in [-0.4, -0.2) is 15.0 Å². The number of hydrogen-bond acceptors (Lipinski definition) is 4. The van der Waals surface area contributed by atoms with E-state index < -0.39 is 27.4 Å². The van der Waals surface area contributed by atoms with Gasteiger partial charge >= 0.3 is 11.8 Å². The van der Waals surface area contributed by atoms with E-state index in [1.165, 1.54) is 36.3 Å². The molecule has 3 aromatic rings. The number of nitrogens with one attached hydrogen (secondary N) is 1. The maximum atomic E-state index is 13.4. The molecule has 0 atom stereocenters. The molecule has 4 rings (SSSR count). The minimum absolute atomic E-state index is 0.133. The summed E-state index contributed by atoms with van der Waals surface area (Å²) in [6.07, 6.45) is 2.86. The van der Waals surface area contributed by atoms with Gasteiger partial charge in [-0.25, -0.2) is 17.9 Å². The highest BCUT2D eigenvalue weighted by atomic mass is 32.2. The molecule has 0 radical (unpaired) electrons. The largest absolute Gasteiger partial charge is 0.423 e. The fourth-order valence-corrected chi connectivity index (χ4v) is 5.17. The highest BCUT2D eigenvalue weighted by Gasteiger charge is 2.33. The van der Waals surface area contributed by atoms with Gasteiger partial charge in [-0.3, -0.25) is 0 Å². The molecule has 0 amide bonds. The van der Waals surface area contributed by atoms with Gasteiger partial charge in [0, 0.05) is 18.0 Å². The zero-order chi connectivity index (χ0) is 24.3. The molecule has 2 aromatic carbocycles. The molecular formula is C25H24F3NO4S. The molecule has 180 valence electrons. The number of halogens is 3. The minimum atomic E-state index is -4.69. The van der Waals surface area contributed by atoms with E-state index >= 15 is 0 Å². The summed E-state index contributed by atoms with van der Waals surface area (Å²) in [4.78, 5) is 11.6. The molecular weight excluding hydrogens is 467 g/mol. The number of fused-ring (bicyclic) bond motifs is 1. The minimum Gasteiger partial charge on any atom is -0.423 e. The highest BCUT2D eigenvalue weighted by molar-refractivity contribution is 7.89. The summed E-state index contributed by atoms with van der Waals surface area (Å²) in [5.41, 5.74) is 0.344. The van der Waals surface area contributed by atoms with Crippen LogP contribution in [0.15, 0.2) is 74.3 Å². The fraction of sp³-hybridized carbons (Fsp3) is 0.320. The molecule has 0 unspecified atom stereocenters. The predicted molar refractivity (Wildman–Crippen MR) is 123 cm³/mol. The lowest BCUT2D eigenvalue weighted by Crippen LogP contribution is -2.25. The zero-order valence-electron chi connectivity index (χ0n) is 18.3. The van der Waals surface area contributed by atoms with Gasteiger partial charge in [-0.05, 0) is 73.9 Å². The third-order valence-electron chi connectivity index (χ3n) is 5.88. The summed E-state index contributed by atoms with van der Waals surface area (Å²) in [5.74, 6) is 0. The maximum Gasteiger partial charge on any atom is 0.417 e. The molecule has 5 nitrogen and oxygen atoms in total. The molecule has 0 aliphatic heterocycles. The third-order valence-corrected chi connectivity index (χ3v) is 7.35. The van der Waals surface area contributed by atoms with Crippen LogP contribution in [0.25, 0.3) is 11.0 Å². The molecule has 9 heteroatoms. The van der Waals surface area contributed by atoms with Crippen LogP contribution in [0, 0.1) is 0 Å². The van der Waals surface area contributed by atoms with Crippen molar-refractivity contribution < 1.29 is 26.0 Å². The molecule has 34 heavy (non-hydrogen) atoms. The second-order valence-electron chi connectivity index (χ2n) is 8.38. The maximum absolute atomic E-state index is 13.4. The summed E-state index contributed by atoms with van der Waals surface area (Å²) in [6.45, 7) is 0.338. The average Bonchev–Trinajstić information content (AvgIpc) is 2.79. The lowest BCUT2D eigenvalue weighted by atomic mass is 9.97. The number of rotatable bonds is 7. The molecule has 1 aromatic heterocycles. The normalized spacial score (nSPS) is 14.9. The summed E-state index contributed by atoms with van der Waals surface area (Å²) < 4.78 is 72.8. The van der Waals surface area contributed by atoms with Gasteiger partial charge < -0.3 is 4.42 Å². The molecule has 1 aliphatic carbocycles. The lowest BCUT2D eigenvalue weighted by molar-refractivity contribution is -0.136. The number of alkyl halides is 3. The fourth-order valence-electron chi connectivity index (χ4n) is 4.14. The van der Waals surface area contributed by atoms with E-state index in [9.17, 15) is 26.4 Å². The first-order valence-electron chi connectivity index (χ1n) is 11.0. The van der Waals surface area contributed by atoms with Crippen LogP contribution in [0.3, 0.4) is 0 Å². The van der Waals surface area contributed by atoms with Crippen LogP contribution < -0.4 is 10.3 Å². The Kier molecular flexibility index (Phi) is 6.95. The Morgan fingerprint density at radius 1 is 0.971 bits per heavy atom. The zero-order valence-corrected chi connectivity index (χ0v) is 19.1. The Morgan fingerprint density at radius 2 is 1.71 bits per heavy atom. The Morgan fingerprint density at radius 3 is 2.38 bits per heavy atom. The standard InChI is InChI=1S/C25H24F3NO4S/c26-25(27,28)22-16-24(30)33-23-11-8-19(15-21(22)23)14-18-6-9-20(10-7-18)34(31,32)29-13-12-17-4-2-1-3-5-17/h4,6-11,15-16,29H,1-3,5,12-14H2. The third kappa shape index (κ3) is 5.77. The quantitative estimate of drug-likeness (QED) is 0.346. The molecule has 0 spiro atoms. The van der Waals surface area contributed by atoms with Gasteiger partial charge in [0.05, 0.1) is 10.5 Å². The Hall–Kier alpha value is -2.91. The summed E-state index contributed by atoms with van der Waals surface area (Å²) >= 11 is 0. The van der Waals surface area contributed by atoms with Crippen molar-refractivity contribution in [3.63, 3.8) is 0 Å². The highest BCUT2D eigenvalue weighted by Crippen LogP contribution is 2.34. The SMILES string of the molecule is O=c1cc(C(F)(F)F)c2cc(Cc3ccc(S(=O)(=O)NCCC4=CCCCC4)cc3)ccc2o1. The smallest absolute Gasteiger partial charge is 0.417 e. The average molecular weight is 492 g/mol. The van der Waals surface area contributed by atoms with Gasteiger partial charge in [-0.15, -0.1) is 0 Å². The van der Waals surface area contributed by atoms with Gasteiger partial charge in [0.1, 0.15) is 5.58 Å². The van der Waals surface area contributed by atoms with Crippen LogP contribution >= 0.6 is 0 Å². The van der Waals surface area contributed by atoms with Gasteiger partial charge in [-0.1, -0.05) is 29.8 Å². The van der Waals surface area contributed by atoms with Crippen LogP contribution in [0.4, 0.5) is 13.2 Å². The van der Waals surface area contributed by atoms with Crippen molar-refractivity contribution in [2.24, 2.45) is 0 Å². The number of hydrogen-bond donors (Lipinski definition) is 1. The number of sulfonamides is 1. The van der Waals surface area contributed by atoms with Crippen molar-refractivity contribution >= 4 is 21.0 Å². The summed E-state index contributed by atoms with van der Waals surface area (Å²) in [7, 11) is -3.65. The van der Waals surface area contributed by atoms with Crippen LogP contribution in [-0.2, 0) is 22.6 Å². The van der Waals surface area contributed by atoms with Crippen LogP contribution in [0.1, 0.15) is 48.8 Å². The van der Waals surface area contributed by atoms with E-state index in [1.54, 1.807) is 18.2 Å². The first-order valence-corrected chi connectivity index (χ1v) is 12.5. The van der Waals surface area contributed by atoms with E-state index in [0.717, 1.165) is 24.8 Å². The number of allylic oxidation sites excluding steroid dienone is 1. The van der Waals surface area contributed by atoms with Crippen LogP contribution in [0.5, 0.6) is 0 Å². The van der Waals surface area contributed by atoms with Crippen molar-refractivity contribution in [2.75, 3.05) is 6.54 Å². The Labute approximate surface area is 195 Å². The molecule has 1 heterocycles. The molecule has 0 saturated heterocycles. The van der Waals surface area contributed by atoms with E-state index in [1.807, 2.05) is 0 Å². The van der Waals surface area contributed by atoms with Crippen molar-refractivity contribution in [3.05, 3.63) is 87.3 Å². The first kappa shape index (κ1) is 24.2. The van der Waals surface area contributed by atoms with Crippen molar-refractivity contribution in [2.45, 2.75) is 49.6 Å². The second-order valence-corrected chi connectivity index (χ2v) is 10.2. The van der Waals surface area contributed by atoms with Crippen molar-refractivity contribution in [3.8, 4) is 0 Å². The molecule has 0 bridgehead atoms. The molecule has 0 saturated carbocycles. The van der Waals surface area contributed by atoms with Crippen molar-refractivity contribution in [1.29, 1.82) is 0 Å². The Bertz CT molecular complexity index is 1370. The second kappa shape index (κ2) is 9.76. The Balaban J connectivity index is 1.47. The van der Waals surface area contributed by atoms with Crippen LogP contribution in [0.2, 0.25) is 0 Å². The lowest BCUT2D eigenvalue weighted by Gasteiger charge is -2.13. The molecule has 1 N–H and O–H groups in total.